The molecule has 0 heterocycles. The van der Waals surface area contributed by atoms with Crippen molar-refractivity contribution >= 4 is 21.8 Å². The van der Waals surface area contributed by atoms with E-state index in [0.717, 1.165) is 29.3 Å². The Morgan fingerprint density at radius 1 is 1.21 bits per heavy atom. The Kier molecular flexibility index (Phi) is 5.19. The van der Waals surface area contributed by atoms with Crippen molar-refractivity contribution < 1.29 is 13.9 Å². The lowest BCUT2D eigenvalue weighted by molar-refractivity contribution is -0.130. The third-order valence-electron chi connectivity index (χ3n) is 4.49. The van der Waals surface area contributed by atoms with E-state index in [4.69, 9.17) is 4.74 Å². The van der Waals surface area contributed by atoms with Crippen LogP contribution in [0, 0.1) is 5.82 Å². The Bertz CT molecular complexity index is 714. The molecular weight excluding hydrogens is 373 g/mol. The molecule has 1 amide bonds. The predicted octanol–water partition coefficient (Wildman–Crippen LogP) is 4.21. The monoisotopic (exact) mass is 391 g/mol. The molecule has 0 radical (unpaired) electrons. The number of halogens is 2. The molecule has 0 aliphatic heterocycles. The van der Waals surface area contributed by atoms with Crippen LogP contribution in [-0.4, -0.2) is 19.1 Å². The second-order valence-corrected chi connectivity index (χ2v) is 6.92. The highest BCUT2D eigenvalue weighted by Gasteiger charge is 2.45. The Balaban J connectivity index is 1.54. The molecule has 24 heavy (non-hydrogen) atoms. The first kappa shape index (κ1) is 17.0. The number of carbonyl (C=O) groups is 1. The molecule has 0 atom stereocenters. The Labute approximate surface area is 149 Å². The quantitative estimate of drug-likeness (QED) is 0.749. The molecule has 126 valence electrons. The molecule has 0 spiro atoms. The highest BCUT2D eigenvalue weighted by molar-refractivity contribution is 9.10. The van der Waals surface area contributed by atoms with E-state index in [1.165, 1.54) is 12.1 Å². The topological polar surface area (TPSA) is 38.3 Å². The van der Waals surface area contributed by atoms with E-state index in [1.54, 1.807) is 12.1 Å². The summed E-state index contributed by atoms with van der Waals surface area (Å²) in [4.78, 5) is 12.7. The summed E-state index contributed by atoms with van der Waals surface area (Å²) in [7, 11) is 0. The summed E-state index contributed by atoms with van der Waals surface area (Å²) in [6.45, 7) is 0.708. The molecule has 1 saturated carbocycles. The van der Waals surface area contributed by atoms with E-state index < -0.39 is 5.41 Å². The summed E-state index contributed by atoms with van der Waals surface area (Å²) in [5.41, 5.74) is 0.639. The van der Waals surface area contributed by atoms with Crippen LogP contribution in [0.5, 0.6) is 5.75 Å². The second kappa shape index (κ2) is 7.34. The first-order chi connectivity index (χ1) is 11.6. The molecule has 3 rings (SSSR count). The fraction of sp³-hybridized carbons (Fsp3) is 0.316. The summed E-state index contributed by atoms with van der Waals surface area (Å²) in [5, 5.41) is 2.95. The fourth-order valence-corrected chi connectivity index (χ4v) is 3.27. The predicted molar refractivity (Wildman–Crippen MR) is 94.6 cm³/mol. The minimum Gasteiger partial charge on any atom is -0.492 e. The number of hydrogen-bond donors (Lipinski definition) is 1. The van der Waals surface area contributed by atoms with E-state index in [0.29, 0.717) is 18.9 Å². The largest absolute Gasteiger partial charge is 0.492 e. The van der Waals surface area contributed by atoms with Gasteiger partial charge in [-0.2, -0.15) is 0 Å². The van der Waals surface area contributed by atoms with Crippen molar-refractivity contribution in [3.8, 4) is 5.75 Å². The average molecular weight is 392 g/mol. The number of amides is 1. The van der Waals surface area contributed by atoms with Crippen molar-refractivity contribution in [2.24, 2.45) is 0 Å². The number of rotatable bonds is 6. The zero-order valence-electron chi connectivity index (χ0n) is 13.2. The normalized spacial score (nSPS) is 15.4. The molecular formula is C19H19BrFNO2. The van der Waals surface area contributed by atoms with Crippen molar-refractivity contribution in [3.63, 3.8) is 0 Å². The maximum atomic E-state index is 13.1. The highest BCUT2D eigenvalue weighted by Crippen LogP contribution is 2.44. The first-order valence-electron chi connectivity index (χ1n) is 8.03. The third-order valence-corrected chi connectivity index (χ3v) is 5.02. The molecule has 0 saturated heterocycles. The molecule has 1 N–H and O–H groups in total. The standard InChI is InChI=1S/C19H19BrFNO2/c20-15-7-5-14(6-8-15)19(9-2-10-19)18(23)22-11-12-24-17-4-1-3-16(21)13-17/h1,3-8,13H,2,9-12H2,(H,22,23). The van der Waals surface area contributed by atoms with E-state index >= 15 is 0 Å². The maximum absolute atomic E-state index is 13.1. The van der Waals surface area contributed by atoms with Gasteiger partial charge in [0.25, 0.3) is 0 Å². The summed E-state index contributed by atoms with van der Waals surface area (Å²) in [6.07, 6.45) is 2.79. The molecule has 3 nitrogen and oxygen atoms in total. The van der Waals surface area contributed by atoms with Crippen molar-refractivity contribution in [1.82, 2.24) is 5.32 Å². The van der Waals surface area contributed by atoms with Crippen LogP contribution in [0.4, 0.5) is 4.39 Å². The minimum absolute atomic E-state index is 0.0407. The van der Waals surface area contributed by atoms with Gasteiger partial charge in [0.2, 0.25) is 5.91 Å². The van der Waals surface area contributed by atoms with Gasteiger partial charge in [0, 0.05) is 10.5 Å². The summed E-state index contributed by atoms with van der Waals surface area (Å²) in [6, 6.07) is 13.9. The van der Waals surface area contributed by atoms with Crippen LogP contribution < -0.4 is 10.1 Å². The molecule has 0 unspecified atom stereocenters. The van der Waals surface area contributed by atoms with Crippen molar-refractivity contribution in [3.05, 3.63) is 64.4 Å². The summed E-state index contributed by atoms with van der Waals surface area (Å²) >= 11 is 3.42. The molecule has 2 aromatic carbocycles. The average Bonchev–Trinajstić information content (AvgIpc) is 2.52. The van der Waals surface area contributed by atoms with Gasteiger partial charge in [-0.15, -0.1) is 0 Å². The highest BCUT2D eigenvalue weighted by atomic mass is 79.9. The molecule has 5 heteroatoms. The molecule has 1 aliphatic carbocycles. The lowest BCUT2D eigenvalue weighted by atomic mass is 9.64. The van der Waals surface area contributed by atoms with Crippen LogP contribution in [0.1, 0.15) is 24.8 Å². The number of hydrogen-bond acceptors (Lipinski definition) is 2. The van der Waals surface area contributed by atoms with Crippen molar-refractivity contribution in [2.45, 2.75) is 24.7 Å². The number of benzene rings is 2. The first-order valence-corrected chi connectivity index (χ1v) is 8.82. The minimum atomic E-state index is -0.417. The number of ether oxygens (including phenoxy) is 1. The zero-order valence-corrected chi connectivity index (χ0v) is 14.8. The SMILES string of the molecule is O=C(NCCOc1cccc(F)c1)C1(c2ccc(Br)cc2)CCC1. The smallest absolute Gasteiger partial charge is 0.230 e. The molecule has 0 aromatic heterocycles. The Morgan fingerprint density at radius 3 is 2.58 bits per heavy atom. The van der Waals surface area contributed by atoms with Gasteiger partial charge in [-0.05, 0) is 42.7 Å². The van der Waals surface area contributed by atoms with Gasteiger partial charge < -0.3 is 10.1 Å². The van der Waals surface area contributed by atoms with Crippen molar-refractivity contribution in [1.29, 1.82) is 0 Å². The van der Waals surface area contributed by atoms with Gasteiger partial charge in [-0.25, -0.2) is 4.39 Å². The van der Waals surface area contributed by atoms with Gasteiger partial charge in [0.15, 0.2) is 0 Å². The van der Waals surface area contributed by atoms with Crippen LogP contribution in [0.3, 0.4) is 0 Å². The van der Waals surface area contributed by atoms with Gasteiger partial charge in [-0.3, -0.25) is 4.79 Å². The maximum Gasteiger partial charge on any atom is 0.230 e. The van der Waals surface area contributed by atoms with E-state index in [2.05, 4.69) is 21.2 Å². The second-order valence-electron chi connectivity index (χ2n) is 6.00. The Hall–Kier alpha value is -1.88. The molecule has 0 bridgehead atoms. The van der Waals surface area contributed by atoms with Crippen LogP contribution in [0.2, 0.25) is 0 Å². The lowest BCUT2D eigenvalue weighted by Crippen LogP contribution is -2.50. The van der Waals surface area contributed by atoms with Crippen LogP contribution in [0.15, 0.2) is 53.0 Å². The van der Waals surface area contributed by atoms with Gasteiger partial charge in [0.05, 0.1) is 12.0 Å². The molecule has 1 aliphatic rings. The van der Waals surface area contributed by atoms with Gasteiger partial charge in [-0.1, -0.05) is 40.5 Å². The molecule has 1 fully saturated rings. The fourth-order valence-electron chi connectivity index (χ4n) is 3.01. The van der Waals surface area contributed by atoms with Crippen LogP contribution in [0.25, 0.3) is 0 Å². The number of nitrogens with one attached hydrogen (secondary N) is 1. The molecule has 2 aromatic rings. The third kappa shape index (κ3) is 3.61. The van der Waals surface area contributed by atoms with Gasteiger partial charge >= 0.3 is 0 Å². The summed E-state index contributed by atoms with van der Waals surface area (Å²) < 4.78 is 19.5. The summed E-state index contributed by atoms with van der Waals surface area (Å²) in [5.74, 6) is 0.176. The van der Waals surface area contributed by atoms with E-state index in [9.17, 15) is 9.18 Å². The van der Waals surface area contributed by atoms with E-state index in [1.807, 2.05) is 24.3 Å². The lowest BCUT2D eigenvalue weighted by Gasteiger charge is -2.40. The number of carbonyl (C=O) groups excluding carboxylic acids is 1. The van der Waals surface area contributed by atoms with Crippen molar-refractivity contribution in [2.75, 3.05) is 13.2 Å². The van der Waals surface area contributed by atoms with E-state index in [-0.39, 0.29) is 11.7 Å². The zero-order chi connectivity index (χ0) is 17.0. The van der Waals surface area contributed by atoms with Crippen LogP contribution in [-0.2, 0) is 10.2 Å². The Morgan fingerprint density at radius 2 is 1.96 bits per heavy atom. The van der Waals surface area contributed by atoms with Crippen LogP contribution >= 0.6 is 15.9 Å². The van der Waals surface area contributed by atoms with Gasteiger partial charge in [0.1, 0.15) is 18.2 Å².